The van der Waals surface area contributed by atoms with E-state index in [1.165, 1.54) is 57.1 Å². The fourth-order valence-corrected chi connectivity index (χ4v) is 3.66. The first-order valence-corrected chi connectivity index (χ1v) is 9.40. The van der Waals surface area contributed by atoms with E-state index in [1.807, 2.05) is 12.1 Å². The van der Waals surface area contributed by atoms with E-state index in [9.17, 15) is 4.79 Å². The summed E-state index contributed by atoms with van der Waals surface area (Å²) >= 11 is 0. The monoisotopic (exact) mass is 327 g/mol. The minimum Gasteiger partial charge on any atom is -0.372 e. The third-order valence-corrected chi connectivity index (χ3v) is 5.08. The molecule has 2 amide bonds. The van der Waals surface area contributed by atoms with Crippen LogP contribution in [0.2, 0.25) is 0 Å². The molecule has 3 rings (SSSR count). The van der Waals surface area contributed by atoms with Crippen molar-refractivity contribution in [2.45, 2.75) is 51.4 Å². The Kier molecular flexibility index (Phi) is 6.16. The van der Waals surface area contributed by atoms with E-state index < -0.39 is 0 Å². The molecule has 4 nitrogen and oxygen atoms in total. The molecular formula is C20H29N3O. The summed E-state index contributed by atoms with van der Waals surface area (Å²) in [6, 6.07) is 7.98. The van der Waals surface area contributed by atoms with Gasteiger partial charge in [0.25, 0.3) is 0 Å². The Morgan fingerprint density at radius 1 is 0.958 bits per heavy atom. The van der Waals surface area contributed by atoms with E-state index in [1.54, 1.807) is 6.20 Å². The van der Waals surface area contributed by atoms with Crippen molar-refractivity contribution in [2.75, 3.05) is 23.3 Å². The first-order valence-electron chi connectivity index (χ1n) is 9.40. The molecule has 1 heterocycles. The number of anilines is 2. The van der Waals surface area contributed by atoms with Gasteiger partial charge in [-0.15, -0.1) is 0 Å². The second-order valence-corrected chi connectivity index (χ2v) is 6.95. The van der Waals surface area contributed by atoms with Crippen LogP contribution in [0.5, 0.6) is 0 Å². The lowest BCUT2D eigenvalue weighted by Gasteiger charge is -2.28. The number of hydrogen-bond donors (Lipinski definition) is 2. The number of carbonyl (C=O) groups excluding carboxylic acids is 1. The maximum Gasteiger partial charge on any atom is 0.323 e. The second-order valence-electron chi connectivity index (χ2n) is 6.95. The van der Waals surface area contributed by atoms with E-state index in [-0.39, 0.29) is 6.03 Å². The SMILES string of the molecule is O=C(N/C=C/C1CCCCC1)Nc1ccc(N2CCCCC2)cc1. The predicted octanol–water partition coefficient (Wildman–Crippen LogP) is 4.89. The highest BCUT2D eigenvalue weighted by molar-refractivity contribution is 5.90. The zero-order valence-corrected chi connectivity index (χ0v) is 14.5. The number of amides is 2. The van der Waals surface area contributed by atoms with Crippen LogP contribution in [0.25, 0.3) is 0 Å². The average molecular weight is 327 g/mol. The van der Waals surface area contributed by atoms with Crippen LogP contribution in [0.4, 0.5) is 16.2 Å². The van der Waals surface area contributed by atoms with Gasteiger partial charge in [0.05, 0.1) is 0 Å². The van der Waals surface area contributed by atoms with Crippen LogP contribution >= 0.6 is 0 Å². The largest absolute Gasteiger partial charge is 0.372 e. The number of carbonyl (C=O) groups is 1. The summed E-state index contributed by atoms with van der Waals surface area (Å²) < 4.78 is 0. The van der Waals surface area contributed by atoms with Gasteiger partial charge in [0.15, 0.2) is 0 Å². The van der Waals surface area contributed by atoms with Crippen molar-refractivity contribution < 1.29 is 4.79 Å². The Morgan fingerprint density at radius 2 is 1.62 bits per heavy atom. The number of allylic oxidation sites excluding steroid dienone is 1. The predicted molar refractivity (Wildman–Crippen MR) is 100 cm³/mol. The van der Waals surface area contributed by atoms with Gasteiger partial charge in [-0.3, -0.25) is 0 Å². The van der Waals surface area contributed by atoms with Crippen molar-refractivity contribution in [1.82, 2.24) is 5.32 Å². The molecule has 4 heteroatoms. The van der Waals surface area contributed by atoms with Crippen LogP contribution in [0, 0.1) is 5.92 Å². The van der Waals surface area contributed by atoms with Gasteiger partial charge in [-0.05, 0) is 62.3 Å². The van der Waals surface area contributed by atoms with Crippen LogP contribution in [-0.2, 0) is 0 Å². The Balaban J connectivity index is 1.44. The lowest BCUT2D eigenvalue weighted by molar-refractivity contribution is 0.255. The first kappa shape index (κ1) is 16.9. The highest BCUT2D eigenvalue weighted by Gasteiger charge is 2.11. The van der Waals surface area contributed by atoms with E-state index in [2.05, 4.69) is 33.7 Å². The minimum absolute atomic E-state index is 0.173. The Morgan fingerprint density at radius 3 is 2.33 bits per heavy atom. The lowest BCUT2D eigenvalue weighted by Crippen LogP contribution is -2.29. The average Bonchev–Trinajstić information content (AvgIpc) is 2.64. The zero-order chi connectivity index (χ0) is 16.6. The topological polar surface area (TPSA) is 44.4 Å². The maximum atomic E-state index is 12.0. The molecule has 1 aliphatic carbocycles. The minimum atomic E-state index is -0.173. The summed E-state index contributed by atoms with van der Waals surface area (Å²) in [5.41, 5.74) is 2.08. The molecule has 2 N–H and O–H groups in total. The van der Waals surface area contributed by atoms with Gasteiger partial charge in [0.1, 0.15) is 0 Å². The molecule has 0 spiro atoms. The molecule has 1 saturated carbocycles. The number of urea groups is 1. The molecule has 1 aromatic rings. The smallest absolute Gasteiger partial charge is 0.323 e. The molecule has 1 aliphatic heterocycles. The van der Waals surface area contributed by atoms with Gasteiger partial charge in [-0.1, -0.05) is 25.3 Å². The summed E-state index contributed by atoms with van der Waals surface area (Å²) in [4.78, 5) is 14.4. The molecule has 24 heavy (non-hydrogen) atoms. The number of rotatable bonds is 4. The Bertz CT molecular complexity index is 541. The van der Waals surface area contributed by atoms with Crippen LogP contribution in [0.15, 0.2) is 36.5 Å². The van der Waals surface area contributed by atoms with Gasteiger partial charge in [0, 0.05) is 30.7 Å². The number of benzene rings is 1. The molecule has 0 bridgehead atoms. The fourth-order valence-electron chi connectivity index (χ4n) is 3.66. The molecule has 2 aliphatic rings. The molecule has 130 valence electrons. The fraction of sp³-hybridized carbons (Fsp3) is 0.550. The number of nitrogens with zero attached hydrogens (tertiary/aromatic N) is 1. The van der Waals surface area contributed by atoms with E-state index in [4.69, 9.17) is 0 Å². The number of hydrogen-bond acceptors (Lipinski definition) is 2. The first-order chi connectivity index (χ1) is 11.8. The number of nitrogens with one attached hydrogen (secondary N) is 2. The molecular weight excluding hydrogens is 298 g/mol. The Hall–Kier alpha value is -1.97. The summed E-state index contributed by atoms with van der Waals surface area (Å²) in [6.45, 7) is 2.28. The van der Waals surface area contributed by atoms with Crippen LogP contribution < -0.4 is 15.5 Å². The highest BCUT2D eigenvalue weighted by atomic mass is 16.2. The van der Waals surface area contributed by atoms with Gasteiger partial charge in [-0.25, -0.2) is 4.79 Å². The zero-order valence-electron chi connectivity index (χ0n) is 14.5. The maximum absolute atomic E-state index is 12.0. The number of piperidine rings is 1. The second kappa shape index (κ2) is 8.76. The summed E-state index contributed by atoms with van der Waals surface area (Å²) in [6.07, 6.45) is 14.3. The van der Waals surface area contributed by atoms with Crippen LogP contribution in [-0.4, -0.2) is 19.1 Å². The standard InChI is InChI=1S/C20H29N3O/c24-20(21-14-13-17-7-3-1-4-8-17)22-18-9-11-19(12-10-18)23-15-5-2-6-16-23/h9-14,17H,1-8,15-16H2,(H2,21,22,24)/b14-13+. The molecule has 0 atom stereocenters. The summed E-state index contributed by atoms with van der Waals surface area (Å²) in [5.74, 6) is 0.628. The normalized spacial score (nSPS) is 19.4. The van der Waals surface area contributed by atoms with E-state index in [0.717, 1.165) is 18.8 Å². The molecule has 0 radical (unpaired) electrons. The van der Waals surface area contributed by atoms with Crippen LogP contribution in [0.3, 0.4) is 0 Å². The van der Waals surface area contributed by atoms with Gasteiger partial charge >= 0.3 is 6.03 Å². The third kappa shape index (κ3) is 5.02. The highest BCUT2D eigenvalue weighted by Crippen LogP contribution is 2.24. The van der Waals surface area contributed by atoms with Crippen molar-refractivity contribution in [3.8, 4) is 0 Å². The summed E-state index contributed by atoms with van der Waals surface area (Å²) in [5, 5.41) is 5.71. The Labute approximate surface area is 145 Å². The van der Waals surface area contributed by atoms with Crippen molar-refractivity contribution in [2.24, 2.45) is 5.92 Å². The van der Waals surface area contributed by atoms with E-state index >= 15 is 0 Å². The lowest BCUT2D eigenvalue weighted by atomic mass is 9.89. The summed E-state index contributed by atoms with van der Waals surface area (Å²) in [7, 11) is 0. The van der Waals surface area contributed by atoms with Crippen molar-refractivity contribution in [3.05, 3.63) is 36.5 Å². The third-order valence-electron chi connectivity index (χ3n) is 5.08. The van der Waals surface area contributed by atoms with E-state index in [0.29, 0.717) is 5.92 Å². The quantitative estimate of drug-likeness (QED) is 0.826. The molecule has 0 aromatic heterocycles. The van der Waals surface area contributed by atoms with Gasteiger partial charge < -0.3 is 15.5 Å². The van der Waals surface area contributed by atoms with Gasteiger partial charge in [-0.2, -0.15) is 0 Å². The molecule has 1 aromatic carbocycles. The van der Waals surface area contributed by atoms with Gasteiger partial charge in [0.2, 0.25) is 0 Å². The molecule has 0 unspecified atom stereocenters. The molecule has 2 fully saturated rings. The van der Waals surface area contributed by atoms with Crippen molar-refractivity contribution >= 4 is 17.4 Å². The van der Waals surface area contributed by atoms with Crippen molar-refractivity contribution in [3.63, 3.8) is 0 Å². The van der Waals surface area contributed by atoms with Crippen LogP contribution in [0.1, 0.15) is 51.4 Å². The molecule has 1 saturated heterocycles. The van der Waals surface area contributed by atoms with Crippen molar-refractivity contribution in [1.29, 1.82) is 0 Å².